The average molecular weight is 374 g/mol. The number of carboxylic acid groups (broad SMARTS) is 1. The Labute approximate surface area is 158 Å². The largest absolute Gasteiger partial charge is 0.489 e. The first-order valence-corrected chi connectivity index (χ1v) is 8.82. The maximum atomic E-state index is 12.2. The Morgan fingerprint density at radius 1 is 1.22 bits per heavy atom. The number of nitrogens with zero attached hydrogens (tertiary/aromatic N) is 1. The number of rotatable bonds is 9. The summed E-state index contributed by atoms with van der Waals surface area (Å²) in [6.07, 6.45) is 0.619. The number of benzene rings is 1. The van der Waals surface area contributed by atoms with Gasteiger partial charge in [0.25, 0.3) is 0 Å². The smallest absolute Gasteiger partial charge is 0.303 e. The number of carbonyl (C=O) groups is 2. The highest BCUT2D eigenvalue weighted by molar-refractivity contribution is 5.79. The molecule has 0 unspecified atom stereocenters. The topological polar surface area (TPSA) is 102 Å². The third-order valence-corrected chi connectivity index (χ3v) is 4.29. The standard InChI is InChI=1S/C20H26N2O5/c1-13-17(14(2)27-22-13)12-26-16-7-5-15(6-8-16)11-18(23)21-20(3,4)10-9-19(24)25/h5-8H,9-12H2,1-4H3,(H,21,23)(H,24,25). The van der Waals surface area contributed by atoms with Gasteiger partial charge in [0.1, 0.15) is 18.1 Å². The maximum Gasteiger partial charge on any atom is 0.303 e. The molecule has 0 aliphatic carbocycles. The zero-order valence-electron chi connectivity index (χ0n) is 16.2. The van der Waals surface area contributed by atoms with E-state index in [-0.39, 0.29) is 18.7 Å². The van der Waals surface area contributed by atoms with Gasteiger partial charge in [-0.25, -0.2) is 0 Å². The Morgan fingerprint density at radius 2 is 1.89 bits per heavy atom. The van der Waals surface area contributed by atoms with E-state index in [1.807, 2.05) is 52.0 Å². The first kappa shape index (κ1) is 20.5. The fraction of sp³-hybridized carbons (Fsp3) is 0.450. The Kier molecular flexibility index (Phi) is 6.60. The van der Waals surface area contributed by atoms with Crippen LogP contribution in [0.5, 0.6) is 5.75 Å². The maximum absolute atomic E-state index is 12.2. The van der Waals surface area contributed by atoms with Gasteiger partial charge < -0.3 is 19.7 Å². The molecule has 0 saturated heterocycles. The molecular weight excluding hydrogens is 348 g/mol. The molecule has 2 N–H and O–H groups in total. The highest BCUT2D eigenvalue weighted by atomic mass is 16.5. The van der Waals surface area contributed by atoms with E-state index in [2.05, 4.69) is 10.5 Å². The zero-order valence-corrected chi connectivity index (χ0v) is 16.2. The summed E-state index contributed by atoms with van der Waals surface area (Å²) in [6.45, 7) is 7.73. The van der Waals surface area contributed by atoms with Crippen LogP contribution in [0.3, 0.4) is 0 Å². The van der Waals surface area contributed by atoms with E-state index in [1.165, 1.54) is 0 Å². The highest BCUT2D eigenvalue weighted by Gasteiger charge is 2.21. The molecule has 0 aliphatic rings. The lowest BCUT2D eigenvalue weighted by Crippen LogP contribution is -2.44. The zero-order chi connectivity index (χ0) is 20.0. The molecule has 1 aromatic heterocycles. The second kappa shape index (κ2) is 8.70. The fourth-order valence-electron chi connectivity index (χ4n) is 2.66. The second-order valence-electron chi connectivity index (χ2n) is 7.24. The minimum Gasteiger partial charge on any atom is -0.489 e. The molecule has 0 fully saturated rings. The van der Waals surface area contributed by atoms with Crippen LogP contribution in [0.4, 0.5) is 0 Å². The number of ether oxygens (including phenoxy) is 1. The van der Waals surface area contributed by atoms with Gasteiger partial charge in [0.2, 0.25) is 5.91 Å². The number of amides is 1. The van der Waals surface area contributed by atoms with Crippen LogP contribution in [-0.2, 0) is 22.6 Å². The van der Waals surface area contributed by atoms with Crippen molar-refractivity contribution in [1.29, 1.82) is 0 Å². The second-order valence-corrected chi connectivity index (χ2v) is 7.24. The van der Waals surface area contributed by atoms with Crippen molar-refractivity contribution in [2.75, 3.05) is 0 Å². The molecular formula is C20H26N2O5. The first-order valence-electron chi connectivity index (χ1n) is 8.82. The van der Waals surface area contributed by atoms with Crippen LogP contribution in [0, 0.1) is 13.8 Å². The van der Waals surface area contributed by atoms with Crippen molar-refractivity contribution in [2.24, 2.45) is 0 Å². The molecule has 1 aromatic carbocycles. The van der Waals surface area contributed by atoms with Gasteiger partial charge in [-0.15, -0.1) is 0 Å². The normalized spacial score (nSPS) is 11.3. The lowest BCUT2D eigenvalue weighted by atomic mass is 9.98. The van der Waals surface area contributed by atoms with Gasteiger partial charge >= 0.3 is 5.97 Å². The number of carboxylic acids is 1. The van der Waals surface area contributed by atoms with Gasteiger partial charge in [0, 0.05) is 12.0 Å². The monoisotopic (exact) mass is 374 g/mol. The highest BCUT2D eigenvalue weighted by Crippen LogP contribution is 2.18. The van der Waals surface area contributed by atoms with Crippen LogP contribution in [0.15, 0.2) is 28.8 Å². The summed E-state index contributed by atoms with van der Waals surface area (Å²) in [6, 6.07) is 7.31. The van der Waals surface area contributed by atoms with Gasteiger partial charge in [0.05, 0.1) is 17.7 Å². The Bertz CT molecular complexity index is 774. The van der Waals surface area contributed by atoms with Gasteiger partial charge in [-0.2, -0.15) is 0 Å². The molecule has 0 atom stereocenters. The van der Waals surface area contributed by atoms with Crippen molar-refractivity contribution in [3.05, 3.63) is 46.8 Å². The lowest BCUT2D eigenvalue weighted by Gasteiger charge is -2.25. The number of carbonyl (C=O) groups excluding carboxylic acids is 1. The molecule has 0 spiro atoms. The molecule has 0 aliphatic heterocycles. The summed E-state index contributed by atoms with van der Waals surface area (Å²) < 4.78 is 10.9. The predicted octanol–water partition coefficient (Wildman–Crippen LogP) is 3.17. The quantitative estimate of drug-likeness (QED) is 0.699. The van der Waals surface area contributed by atoms with E-state index in [0.717, 1.165) is 22.6 Å². The summed E-state index contributed by atoms with van der Waals surface area (Å²) >= 11 is 0. The number of aliphatic carboxylic acids is 1. The average Bonchev–Trinajstić information content (AvgIpc) is 2.90. The summed E-state index contributed by atoms with van der Waals surface area (Å²) in [5, 5.41) is 15.5. The lowest BCUT2D eigenvalue weighted by molar-refractivity contribution is -0.137. The third-order valence-electron chi connectivity index (χ3n) is 4.29. The third kappa shape index (κ3) is 6.44. The van der Waals surface area contributed by atoms with Crippen molar-refractivity contribution in [2.45, 2.75) is 59.1 Å². The Balaban J connectivity index is 1.86. The van der Waals surface area contributed by atoms with E-state index < -0.39 is 11.5 Å². The molecule has 2 rings (SSSR count). The number of aromatic nitrogens is 1. The Morgan fingerprint density at radius 3 is 2.44 bits per heavy atom. The SMILES string of the molecule is Cc1noc(C)c1COc1ccc(CC(=O)NC(C)(C)CCC(=O)O)cc1. The molecule has 1 heterocycles. The minimum absolute atomic E-state index is 0.0183. The molecule has 146 valence electrons. The van der Waals surface area contributed by atoms with E-state index in [4.69, 9.17) is 14.4 Å². The number of hydrogen-bond acceptors (Lipinski definition) is 5. The summed E-state index contributed by atoms with van der Waals surface area (Å²) in [4.78, 5) is 22.9. The molecule has 7 heteroatoms. The first-order chi connectivity index (χ1) is 12.7. The van der Waals surface area contributed by atoms with Crippen molar-refractivity contribution < 1.29 is 24.0 Å². The van der Waals surface area contributed by atoms with E-state index in [0.29, 0.717) is 18.8 Å². The van der Waals surface area contributed by atoms with Crippen LogP contribution in [-0.4, -0.2) is 27.7 Å². The molecule has 27 heavy (non-hydrogen) atoms. The van der Waals surface area contributed by atoms with Gasteiger partial charge in [-0.1, -0.05) is 17.3 Å². The van der Waals surface area contributed by atoms with Crippen LogP contribution < -0.4 is 10.1 Å². The summed E-state index contributed by atoms with van der Waals surface area (Å²) in [5.74, 6) is 0.423. The van der Waals surface area contributed by atoms with Crippen molar-refractivity contribution in [3.63, 3.8) is 0 Å². The van der Waals surface area contributed by atoms with Crippen molar-refractivity contribution >= 4 is 11.9 Å². The number of nitrogens with one attached hydrogen (secondary N) is 1. The van der Waals surface area contributed by atoms with Gasteiger partial charge in [-0.05, 0) is 51.8 Å². The van der Waals surface area contributed by atoms with Crippen molar-refractivity contribution in [1.82, 2.24) is 10.5 Å². The fourth-order valence-corrected chi connectivity index (χ4v) is 2.66. The van der Waals surface area contributed by atoms with Crippen LogP contribution in [0.2, 0.25) is 0 Å². The number of hydrogen-bond donors (Lipinski definition) is 2. The molecule has 2 aromatic rings. The van der Waals surface area contributed by atoms with E-state index in [9.17, 15) is 9.59 Å². The van der Waals surface area contributed by atoms with Crippen LogP contribution in [0.1, 0.15) is 49.3 Å². The summed E-state index contributed by atoms with van der Waals surface area (Å²) in [7, 11) is 0. The molecule has 0 saturated carbocycles. The molecule has 0 radical (unpaired) electrons. The summed E-state index contributed by atoms with van der Waals surface area (Å²) in [5.41, 5.74) is 2.03. The minimum atomic E-state index is -0.871. The molecule has 7 nitrogen and oxygen atoms in total. The molecule has 1 amide bonds. The predicted molar refractivity (Wildman–Crippen MR) is 99.5 cm³/mol. The van der Waals surface area contributed by atoms with E-state index >= 15 is 0 Å². The van der Waals surface area contributed by atoms with Gasteiger partial charge in [-0.3, -0.25) is 9.59 Å². The van der Waals surface area contributed by atoms with Crippen LogP contribution >= 0.6 is 0 Å². The van der Waals surface area contributed by atoms with Gasteiger partial charge in [0.15, 0.2) is 0 Å². The molecule has 0 bridgehead atoms. The Hall–Kier alpha value is -2.83. The van der Waals surface area contributed by atoms with Crippen LogP contribution in [0.25, 0.3) is 0 Å². The van der Waals surface area contributed by atoms with Crippen molar-refractivity contribution in [3.8, 4) is 5.75 Å². The van der Waals surface area contributed by atoms with E-state index in [1.54, 1.807) is 0 Å². The number of aryl methyl sites for hydroxylation is 2.